The smallest absolute Gasteiger partial charge is 0.247 e. The van der Waals surface area contributed by atoms with E-state index >= 15 is 0 Å². The maximum Gasteiger partial charge on any atom is 0.247 e. The summed E-state index contributed by atoms with van der Waals surface area (Å²) in [5, 5.41) is 4.86. The molecule has 4 nitrogen and oxygen atoms in total. The Morgan fingerprint density at radius 1 is 1.10 bits per heavy atom. The molecule has 4 heteroatoms. The third-order valence-electron chi connectivity index (χ3n) is 3.87. The second-order valence-corrected chi connectivity index (χ2v) is 5.70. The van der Waals surface area contributed by atoms with E-state index in [0.29, 0.717) is 0 Å². The Morgan fingerprint density at radius 2 is 1.81 bits per heavy atom. The van der Waals surface area contributed by atoms with Gasteiger partial charge in [0.05, 0.1) is 6.54 Å². The number of rotatable bonds is 2. The van der Waals surface area contributed by atoms with Gasteiger partial charge < -0.3 is 5.32 Å². The summed E-state index contributed by atoms with van der Waals surface area (Å²) >= 11 is 0. The molecule has 1 heterocycles. The van der Waals surface area contributed by atoms with Crippen LogP contribution < -0.4 is 10.2 Å². The number of piperazine rings is 1. The van der Waals surface area contributed by atoms with Gasteiger partial charge in [0, 0.05) is 5.69 Å². The van der Waals surface area contributed by atoms with Crippen LogP contribution in [0, 0.1) is 5.92 Å². The Morgan fingerprint density at radius 3 is 2.52 bits per heavy atom. The Bertz CT molecular complexity index is 709. The molecule has 2 amide bonds. The summed E-state index contributed by atoms with van der Waals surface area (Å²) in [6.45, 7) is 3.97. The number of carbonyl (C=O) groups excluding carboxylic acids is 2. The third kappa shape index (κ3) is 2.37. The van der Waals surface area contributed by atoms with E-state index in [-0.39, 0.29) is 24.3 Å². The molecule has 2 aromatic carbocycles. The Labute approximate surface area is 123 Å². The van der Waals surface area contributed by atoms with Crippen LogP contribution in [0.2, 0.25) is 0 Å². The lowest BCUT2D eigenvalue weighted by atomic mass is 9.98. The molecule has 21 heavy (non-hydrogen) atoms. The Hall–Kier alpha value is -2.36. The van der Waals surface area contributed by atoms with Gasteiger partial charge in [-0.1, -0.05) is 44.2 Å². The van der Waals surface area contributed by atoms with Crippen molar-refractivity contribution in [3.8, 4) is 0 Å². The van der Waals surface area contributed by atoms with E-state index in [1.807, 2.05) is 56.3 Å². The van der Waals surface area contributed by atoms with E-state index in [4.69, 9.17) is 0 Å². The van der Waals surface area contributed by atoms with E-state index < -0.39 is 6.04 Å². The number of carbonyl (C=O) groups is 2. The summed E-state index contributed by atoms with van der Waals surface area (Å²) in [5.41, 5.74) is 0.784. The molecule has 1 aliphatic rings. The van der Waals surface area contributed by atoms with Crippen LogP contribution in [-0.4, -0.2) is 24.4 Å². The molecule has 0 bridgehead atoms. The molecule has 108 valence electrons. The van der Waals surface area contributed by atoms with Crippen LogP contribution in [0.3, 0.4) is 0 Å². The van der Waals surface area contributed by atoms with E-state index in [1.165, 1.54) is 0 Å². The maximum atomic E-state index is 12.3. The molecule has 1 fully saturated rings. The van der Waals surface area contributed by atoms with E-state index in [0.717, 1.165) is 16.5 Å². The van der Waals surface area contributed by atoms with Crippen LogP contribution in [0.15, 0.2) is 42.5 Å². The zero-order valence-corrected chi connectivity index (χ0v) is 12.2. The van der Waals surface area contributed by atoms with Crippen molar-refractivity contribution >= 4 is 28.3 Å². The van der Waals surface area contributed by atoms with Crippen molar-refractivity contribution in [3.05, 3.63) is 42.5 Å². The first kappa shape index (κ1) is 13.6. The second-order valence-electron chi connectivity index (χ2n) is 5.70. The first-order chi connectivity index (χ1) is 10.1. The minimum Gasteiger partial charge on any atom is -0.345 e. The number of nitrogens with one attached hydrogen (secondary N) is 1. The van der Waals surface area contributed by atoms with Gasteiger partial charge in [0.1, 0.15) is 6.04 Å². The highest BCUT2D eigenvalue weighted by Crippen LogP contribution is 2.27. The summed E-state index contributed by atoms with van der Waals surface area (Å²) in [7, 11) is 0. The molecule has 1 unspecified atom stereocenters. The SMILES string of the molecule is CC(C)C1C(=O)NCC(=O)N1c1ccc2ccccc2c1. The monoisotopic (exact) mass is 282 g/mol. The molecule has 1 atom stereocenters. The summed E-state index contributed by atoms with van der Waals surface area (Å²) < 4.78 is 0. The van der Waals surface area contributed by atoms with E-state index in [2.05, 4.69) is 5.32 Å². The lowest BCUT2D eigenvalue weighted by Gasteiger charge is -2.37. The lowest BCUT2D eigenvalue weighted by molar-refractivity contribution is -0.131. The Kier molecular flexibility index (Phi) is 3.37. The van der Waals surface area contributed by atoms with Crippen LogP contribution in [0.5, 0.6) is 0 Å². The average molecular weight is 282 g/mol. The molecule has 2 aromatic rings. The molecule has 1 aliphatic heterocycles. The second kappa shape index (κ2) is 5.20. The van der Waals surface area contributed by atoms with E-state index in [9.17, 15) is 9.59 Å². The highest BCUT2D eigenvalue weighted by Gasteiger charge is 2.37. The normalized spacial score (nSPS) is 19.2. The molecule has 0 aliphatic carbocycles. The highest BCUT2D eigenvalue weighted by molar-refractivity contribution is 6.07. The number of anilines is 1. The van der Waals surface area contributed by atoms with Gasteiger partial charge in [0.15, 0.2) is 0 Å². The predicted molar refractivity (Wildman–Crippen MR) is 83.1 cm³/mol. The van der Waals surface area contributed by atoms with Crippen molar-refractivity contribution in [1.82, 2.24) is 5.32 Å². The lowest BCUT2D eigenvalue weighted by Crippen LogP contribution is -2.60. The number of hydrogen-bond donors (Lipinski definition) is 1. The number of nitrogens with zero attached hydrogens (tertiary/aromatic N) is 1. The number of benzene rings is 2. The van der Waals surface area contributed by atoms with Crippen molar-refractivity contribution in [2.24, 2.45) is 5.92 Å². The van der Waals surface area contributed by atoms with Gasteiger partial charge in [-0.05, 0) is 28.8 Å². The standard InChI is InChI=1S/C17H18N2O2/c1-11(2)16-17(21)18-10-15(20)19(16)14-8-7-12-5-3-4-6-13(12)9-14/h3-9,11,16H,10H2,1-2H3,(H,18,21). The minimum atomic E-state index is -0.451. The fraction of sp³-hybridized carbons (Fsp3) is 0.294. The van der Waals surface area contributed by atoms with Crippen LogP contribution >= 0.6 is 0 Å². The summed E-state index contributed by atoms with van der Waals surface area (Å²) in [6.07, 6.45) is 0. The van der Waals surface area contributed by atoms with E-state index in [1.54, 1.807) is 4.90 Å². The molecule has 1 saturated heterocycles. The molecule has 0 aromatic heterocycles. The summed E-state index contributed by atoms with van der Waals surface area (Å²) in [6, 6.07) is 13.4. The van der Waals surface area contributed by atoms with Crippen molar-refractivity contribution < 1.29 is 9.59 Å². The third-order valence-corrected chi connectivity index (χ3v) is 3.87. The fourth-order valence-corrected chi connectivity index (χ4v) is 2.86. The van der Waals surface area contributed by atoms with Crippen molar-refractivity contribution in [2.45, 2.75) is 19.9 Å². The molecule has 1 N–H and O–H groups in total. The fourth-order valence-electron chi connectivity index (χ4n) is 2.86. The van der Waals surface area contributed by atoms with Crippen LogP contribution in [0.25, 0.3) is 10.8 Å². The van der Waals surface area contributed by atoms with Crippen LogP contribution in [0.4, 0.5) is 5.69 Å². The number of fused-ring (bicyclic) bond motifs is 1. The average Bonchev–Trinajstić information content (AvgIpc) is 2.48. The Balaban J connectivity index is 2.08. The quantitative estimate of drug-likeness (QED) is 0.919. The largest absolute Gasteiger partial charge is 0.345 e. The van der Waals surface area contributed by atoms with Gasteiger partial charge >= 0.3 is 0 Å². The molecule has 0 spiro atoms. The molecule has 0 saturated carbocycles. The zero-order valence-electron chi connectivity index (χ0n) is 12.2. The van der Waals surface area contributed by atoms with Gasteiger partial charge in [0.2, 0.25) is 11.8 Å². The van der Waals surface area contributed by atoms with Gasteiger partial charge in [-0.25, -0.2) is 0 Å². The molecule has 3 rings (SSSR count). The topological polar surface area (TPSA) is 49.4 Å². The first-order valence-corrected chi connectivity index (χ1v) is 7.16. The van der Waals surface area contributed by atoms with Gasteiger partial charge in [-0.2, -0.15) is 0 Å². The van der Waals surface area contributed by atoms with Gasteiger partial charge in [0.25, 0.3) is 0 Å². The zero-order chi connectivity index (χ0) is 15.0. The van der Waals surface area contributed by atoms with Crippen LogP contribution in [-0.2, 0) is 9.59 Å². The highest BCUT2D eigenvalue weighted by atomic mass is 16.2. The summed E-state index contributed by atoms with van der Waals surface area (Å²) in [5.74, 6) is -0.0953. The molecular weight excluding hydrogens is 264 g/mol. The van der Waals surface area contributed by atoms with Gasteiger partial charge in [-0.3, -0.25) is 14.5 Å². The summed E-state index contributed by atoms with van der Waals surface area (Å²) in [4.78, 5) is 26.1. The van der Waals surface area contributed by atoms with Gasteiger partial charge in [-0.15, -0.1) is 0 Å². The van der Waals surface area contributed by atoms with Crippen molar-refractivity contribution in [2.75, 3.05) is 11.4 Å². The molecule has 0 radical (unpaired) electrons. The van der Waals surface area contributed by atoms with Crippen LogP contribution in [0.1, 0.15) is 13.8 Å². The first-order valence-electron chi connectivity index (χ1n) is 7.16. The van der Waals surface area contributed by atoms with Crippen molar-refractivity contribution in [1.29, 1.82) is 0 Å². The van der Waals surface area contributed by atoms with Crippen molar-refractivity contribution in [3.63, 3.8) is 0 Å². The predicted octanol–water partition coefficient (Wildman–Crippen LogP) is 2.33. The minimum absolute atomic E-state index is 0.0562. The maximum absolute atomic E-state index is 12.3. The number of hydrogen-bond acceptors (Lipinski definition) is 2. The molecular formula is C17H18N2O2. The number of amides is 2.